The Morgan fingerprint density at radius 2 is 1.69 bits per heavy atom. The van der Waals surface area contributed by atoms with E-state index in [0.717, 1.165) is 21.5 Å². The number of carbonyl (C=O) groups excluding carboxylic acids is 1. The van der Waals surface area contributed by atoms with Crippen molar-refractivity contribution in [3.8, 4) is 0 Å². The third kappa shape index (κ3) is 4.54. The highest BCUT2D eigenvalue weighted by Gasteiger charge is 2.31. The monoisotopic (exact) mass is 506 g/mol. The summed E-state index contributed by atoms with van der Waals surface area (Å²) in [5.74, 6) is -0.207. The second kappa shape index (κ2) is 9.41. The molecule has 5 rings (SSSR count). The fraction of sp³-hybridized carbons (Fsp3) is 0.231. The Morgan fingerprint density at radius 1 is 0.971 bits per heavy atom. The van der Waals surface area contributed by atoms with Gasteiger partial charge in [0.15, 0.2) is 5.13 Å². The first kappa shape index (κ1) is 23.5. The van der Waals surface area contributed by atoms with Gasteiger partial charge in [0, 0.05) is 25.2 Å². The van der Waals surface area contributed by atoms with Crippen molar-refractivity contribution >= 4 is 48.3 Å². The van der Waals surface area contributed by atoms with Crippen LogP contribution in [0.15, 0.2) is 77.7 Å². The first-order chi connectivity index (χ1) is 16.8. The molecule has 3 aromatic carbocycles. The van der Waals surface area contributed by atoms with E-state index in [4.69, 9.17) is 0 Å². The van der Waals surface area contributed by atoms with Gasteiger partial charge in [-0.1, -0.05) is 41.7 Å². The molecular formula is C26H26N4O3S2. The van der Waals surface area contributed by atoms with Crippen LogP contribution in [0, 0.1) is 0 Å². The number of amides is 1. The number of benzene rings is 3. The summed E-state index contributed by atoms with van der Waals surface area (Å²) in [4.78, 5) is 22.1. The molecule has 0 fully saturated rings. The quantitative estimate of drug-likeness (QED) is 0.375. The number of rotatable bonds is 7. The van der Waals surface area contributed by atoms with E-state index in [1.807, 2.05) is 67.5 Å². The summed E-state index contributed by atoms with van der Waals surface area (Å²) in [6, 6.07) is 21.6. The lowest BCUT2D eigenvalue weighted by Gasteiger charge is -2.22. The van der Waals surface area contributed by atoms with E-state index in [1.54, 1.807) is 17.0 Å². The van der Waals surface area contributed by atoms with Crippen molar-refractivity contribution < 1.29 is 13.2 Å². The van der Waals surface area contributed by atoms with Gasteiger partial charge in [0.1, 0.15) is 0 Å². The molecule has 1 aromatic heterocycles. The Kier molecular flexibility index (Phi) is 6.31. The van der Waals surface area contributed by atoms with Crippen LogP contribution < -0.4 is 9.21 Å². The van der Waals surface area contributed by atoms with Crippen LogP contribution in [0.3, 0.4) is 0 Å². The summed E-state index contributed by atoms with van der Waals surface area (Å²) >= 11 is 1.47. The molecule has 0 atom stereocenters. The van der Waals surface area contributed by atoms with Gasteiger partial charge in [-0.25, -0.2) is 13.4 Å². The summed E-state index contributed by atoms with van der Waals surface area (Å²) in [7, 11) is 0.197. The highest BCUT2D eigenvalue weighted by atomic mass is 32.2. The first-order valence-corrected chi connectivity index (χ1v) is 13.6. The van der Waals surface area contributed by atoms with Gasteiger partial charge in [0.2, 0.25) is 0 Å². The average molecular weight is 507 g/mol. The maximum atomic E-state index is 13.5. The predicted octanol–water partition coefficient (Wildman–Crippen LogP) is 4.26. The minimum Gasteiger partial charge on any atom is -0.308 e. The summed E-state index contributed by atoms with van der Waals surface area (Å²) in [5.41, 5.74) is 3.01. The van der Waals surface area contributed by atoms with Crippen LogP contribution in [0.2, 0.25) is 0 Å². The van der Waals surface area contributed by atoms with E-state index in [-0.39, 0.29) is 10.8 Å². The lowest BCUT2D eigenvalue weighted by Crippen LogP contribution is -2.36. The SMILES string of the molecule is CN(C)CCN(C(=O)c1ccc(S(=O)(=O)N2CCc3ccccc32)cc1)c1nc2ccccc2s1. The minimum absolute atomic E-state index is 0.172. The summed E-state index contributed by atoms with van der Waals surface area (Å²) in [6.07, 6.45) is 0.689. The smallest absolute Gasteiger partial charge is 0.264 e. The molecule has 7 nitrogen and oxygen atoms in total. The molecule has 0 saturated heterocycles. The third-order valence-corrected chi connectivity index (χ3v) is 8.95. The maximum Gasteiger partial charge on any atom is 0.264 e. The number of hydrogen-bond acceptors (Lipinski definition) is 6. The molecule has 0 spiro atoms. The number of carbonyl (C=O) groups is 1. The molecule has 9 heteroatoms. The Balaban J connectivity index is 1.43. The molecule has 0 unspecified atom stereocenters. The van der Waals surface area contributed by atoms with E-state index in [9.17, 15) is 13.2 Å². The predicted molar refractivity (Wildman–Crippen MR) is 141 cm³/mol. The number of likely N-dealkylation sites (N-methyl/N-ethyl adjacent to an activating group) is 1. The molecule has 180 valence electrons. The highest BCUT2D eigenvalue weighted by molar-refractivity contribution is 7.92. The number of anilines is 2. The molecule has 1 aliphatic rings. The van der Waals surface area contributed by atoms with Crippen LogP contribution in [0.4, 0.5) is 10.8 Å². The maximum absolute atomic E-state index is 13.5. The minimum atomic E-state index is -3.71. The van der Waals surface area contributed by atoms with Gasteiger partial charge in [0.05, 0.1) is 20.8 Å². The zero-order valence-electron chi connectivity index (χ0n) is 19.6. The number of fused-ring (bicyclic) bond motifs is 2. The molecule has 1 aliphatic heterocycles. The normalized spacial score (nSPS) is 13.4. The van der Waals surface area contributed by atoms with Crippen molar-refractivity contribution in [3.63, 3.8) is 0 Å². The van der Waals surface area contributed by atoms with Crippen molar-refractivity contribution in [2.24, 2.45) is 0 Å². The number of sulfonamides is 1. The number of hydrogen-bond donors (Lipinski definition) is 0. The second-order valence-electron chi connectivity index (χ2n) is 8.70. The number of aromatic nitrogens is 1. The summed E-state index contributed by atoms with van der Waals surface area (Å²) in [5, 5.41) is 0.628. The standard InChI is InChI=1S/C26H26N4O3S2/c1-28(2)17-18-29(26-27-22-8-4-6-10-24(22)34-26)25(31)20-11-13-21(14-12-20)35(32,33)30-16-15-19-7-3-5-9-23(19)30/h3-14H,15-18H2,1-2H3. The van der Waals surface area contributed by atoms with Gasteiger partial charge >= 0.3 is 0 Å². The second-order valence-corrected chi connectivity index (χ2v) is 11.6. The zero-order valence-corrected chi connectivity index (χ0v) is 21.2. The molecule has 1 amide bonds. The highest BCUT2D eigenvalue weighted by Crippen LogP contribution is 2.33. The van der Waals surface area contributed by atoms with Crippen LogP contribution in [-0.4, -0.2) is 57.9 Å². The lowest BCUT2D eigenvalue weighted by molar-refractivity contribution is 0.0985. The molecule has 35 heavy (non-hydrogen) atoms. The van der Waals surface area contributed by atoms with Gasteiger partial charge in [-0.3, -0.25) is 14.0 Å². The van der Waals surface area contributed by atoms with Crippen molar-refractivity contribution in [2.45, 2.75) is 11.3 Å². The molecular weight excluding hydrogens is 480 g/mol. The van der Waals surface area contributed by atoms with Crippen LogP contribution in [0.5, 0.6) is 0 Å². The van der Waals surface area contributed by atoms with Crippen molar-refractivity contribution in [1.29, 1.82) is 0 Å². The first-order valence-electron chi connectivity index (χ1n) is 11.4. The molecule has 4 aromatic rings. The number of thiazole rings is 1. The van der Waals surface area contributed by atoms with Gasteiger partial charge in [0.25, 0.3) is 15.9 Å². The number of nitrogens with zero attached hydrogens (tertiary/aromatic N) is 4. The van der Waals surface area contributed by atoms with Gasteiger partial charge in [-0.15, -0.1) is 0 Å². The lowest BCUT2D eigenvalue weighted by atomic mass is 10.2. The van der Waals surface area contributed by atoms with Crippen LogP contribution in [-0.2, 0) is 16.4 Å². The van der Waals surface area contributed by atoms with Crippen LogP contribution in [0.25, 0.3) is 10.2 Å². The Morgan fingerprint density at radius 3 is 2.43 bits per heavy atom. The molecule has 0 bridgehead atoms. The fourth-order valence-electron chi connectivity index (χ4n) is 4.17. The Bertz CT molecular complexity index is 1450. The molecule has 0 radical (unpaired) electrons. The van der Waals surface area contributed by atoms with Crippen molar-refractivity contribution in [2.75, 3.05) is 42.9 Å². The van der Waals surface area contributed by atoms with E-state index in [2.05, 4.69) is 4.98 Å². The summed E-state index contributed by atoms with van der Waals surface area (Å²) in [6.45, 7) is 1.55. The van der Waals surface area contributed by atoms with Gasteiger partial charge in [-0.05, 0) is 68.5 Å². The topological polar surface area (TPSA) is 73.8 Å². The van der Waals surface area contributed by atoms with Crippen LogP contribution >= 0.6 is 11.3 Å². The molecule has 0 aliphatic carbocycles. The fourth-order valence-corrected chi connectivity index (χ4v) is 6.66. The Labute approximate surface area is 209 Å². The number of para-hydroxylation sites is 2. The van der Waals surface area contributed by atoms with Crippen molar-refractivity contribution in [1.82, 2.24) is 9.88 Å². The molecule has 2 heterocycles. The van der Waals surface area contributed by atoms with Crippen LogP contribution in [0.1, 0.15) is 15.9 Å². The van der Waals surface area contributed by atoms with E-state index < -0.39 is 10.0 Å². The molecule has 0 saturated carbocycles. The van der Waals surface area contributed by atoms with Gasteiger partial charge < -0.3 is 4.90 Å². The largest absolute Gasteiger partial charge is 0.308 e. The van der Waals surface area contributed by atoms with Gasteiger partial charge in [-0.2, -0.15) is 0 Å². The third-order valence-electron chi connectivity index (χ3n) is 6.06. The zero-order chi connectivity index (χ0) is 24.6. The summed E-state index contributed by atoms with van der Waals surface area (Å²) < 4.78 is 29.1. The average Bonchev–Trinajstić information content (AvgIpc) is 3.48. The van der Waals surface area contributed by atoms with E-state index in [0.29, 0.717) is 36.8 Å². The van der Waals surface area contributed by atoms with Crippen molar-refractivity contribution in [3.05, 3.63) is 83.9 Å². The molecule has 0 N–H and O–H groups in total. The Hall–Kier alpha value is -3.27. The van der Waals surface area contributed by atoms with E-state index >= 15 is 0 Å². The van der Waals surface area contributed by atoms with E-state index in [1.165, 1.54) is 27.8 Å².